The van der Waals surface area contributed by atoms with Crippen molar-refractivity contribution in [1.29, 1.82) is 0 Å². The number of halogens is 3. The van der Waals surface area contributed by atoms with Gasteiger partial charge in [-0.05, 0) is 61.8 Å². The van der Waals surface area contributed by atoms with E-state index in [4.69, 9.17) is 0 Å². The lowest BCUT2D eigenvalue weighted by atomic mass is 9.95. The van der Waals surface area contributed by atoms with Crippen LogP contribution in [0.15, 0.2) is 66.7 Å². The number of aliphatic carboxylic acids is 1. The fraction of sp³-hybridized carbons (Fsp3) is 0.320. The summed E-state index contributed by atoms with van der Waals surface area (Å²) in [5.74, 6) is -1.14. The Hall–Kier alpha value is -2.82. The Morgan fingerprint density at radius 2 is 1.33 bits per heavy atom. The molecule has 1 N–H and O–H groups in total. The second-order valence-electron chi connectivity index (χ2n) is 7.23. The van der Waals surface area contributed by atoms with Crippen LogP contribution in [-0.2, 0) is 11.0 Å². The van der Waals surface area contributed by atoms with Crippen molar-refractivity contribution in [1.82, 2.24) is 0 Å². The third kappa shape index (κ3) is 8.68. The predicted octanol–water partition coefficient (Wildman–Crippen LogP) is 7.47. The van der Waals surface area contributed by atoms with Gasteiger partial charge in [0.2, 0.25) is 0 Å². The number of rotatable bonds is 11. The van der Waals surface area contributed by atoms with Crippen molar-refractivity contribution in [3.63, 3.8) is 0 Å². The van der Waals surface area contributed by atoms with Crippen LogP contribution in [-0.4, -0.2) is 11.1 Å². The minimum atomic E-state index is -4.33. The molecule has 2 nitrogen and oxygen atoms in total. The minimum Gasteiger partial charge on any atom is -0.481 e. The van der Waals surface area contributed by atoms with E-state index in [9.17, 15) is 23.1 Å². The summed E-state index contributed by atoms with van der Waals surface area (Å²) >= 11 is 0. The van der Waals surface area contributed by atoms with Gasteiger partial charge in [-0.15, -0.1) is 0 Å². The van der Waals surface area contributed by atoms with Crippen LogP contribution in [0.1, 0.15) is 55.2 Å². The molecule has 0 aliphatic carbocycles. The lowest BCUT2D eigenvalue weighted by molar-refractivity contribution is -0.142. The lowest BCUT2D eigenvalue weighted by Gasteiger charge is -2.10. The largest absolute Gasteiger partial charge is 0.481 e. The van der Waals surface area contributed by atoms with Crippen molar-refractivity contribution in [2.45, 2.75) is 44.7 Å². The quantitative estimate of drug-likeness (QED) is 0.386. The molecule has 0 saturated heterocycles. The normalized spacial score (nSPS) is 13.2. The fourth-order valence-corrected chi connectivity index (χ4v) is 3.14. The maximum atomic E-state index is 12.6. The number of unbranched alkanes of at least 4 members (excludes halogenated alkanes) is 2. The van der Waals surface area contributed by atoms with E-state index in [0.29, 0.717) is 24.8 Å². The highest BCUT2D eigenvalue weighted by atomic mass is 19.4. The number of benzene rings is 2. The maximum absolute atomic E-state index is 12.6. The molecule has 0 bridgehead atoms. The summed E-state index contributed by atoms with van der Waals surface area (Å²) in [5.41, 5.74) is 1.16. The van der Waals surface area contributed by atoms with Gasteiger partial charge < -0.3 is 5.11 Å². The molecule has 0 amide bonds. The van der Waals surface area contributed by atoms with Crippen LogP contribution < -0.4 is 0 Å². The number of carboxylic acids is 1. The molecule has 0 aliphatic heterocycles. The van der Waals surface area contributed by atoms with Crippen LogP contribution in [0.2, 0.25) is 0 Å². The predicted molar refractivity (Wildman–Crippen MR) is 115 cm³/mol. The second-order valence-corrected chi connectivity index (χ2v) is 7.23. The molecule has 0 aliphatic rings. The van der Waals surface area contributed by atoms with Crippen LogP contribution >= 0.6 is 0 Å². The summed E-state index contributed by atoms with van der Waals surface area (Å²) in [5, 5.41) is 9.41. The highest BCUT2D eigenvalue weighted by molar-refractivity contribution is 5.69. The van der Waals surface area contributed by atoms with Crippen molar-refractivity contribution in [2.75, 3.05) is 0 Å². The molecule has 1 unspecified atom stereocenters. The molecule has 160 valence electrons. The summed E-state index contributed by atoms with van der Waals surface area (Å²) in [6.45, 7) is 0. The van der Waals surface area contributed by atoms with Gasteiger partial charge in [0.25, 0.3) is 0 Å². The molecule has 2 aromatic rings. The number of carboxylic acid groups (broad SMARTS) is 1. The van der Waals surface area contributed by atoms with Crippen LogP contribution in [0, 0.1) is 5.92 Å². The zero-order chi connectivity index (χ0) is 21.8. The summed E-state index contributed by atoms with van der Waals surface area (Å²) in [6.07, 6.45) is 7.75. The van der Waals surface area contributed by atoms with Gasteiger partial charge in [0.05, 0.1) is 11.5 Å². The first-order valence-electron chi connectivity index (χ1n) is 10.1. The summed E-state index contributed by atoms with van der Waals surface area (Å²) in [4.78, 5) is 11.5. The summed E-state index contributed by atoms with van der Waals surface area (Å²) in [6, 6.07) is 15.0. The van der Waals surface area contributed by atoms with E-state index in [0.717, 1.165) is 37.0 Å². The van der Waals surface area contributed by atoms with E-state index in [1.807, 2.05) is 42.5 Å². The molecule has 0 aromatic heterocycles. The molecular formula is C25H27F3O2. The zero-order valence-electron chi connectivity index (χ0n) is 16.8. The Morgan fingerprint density at radius 3 is 1.80 bits per heavy atom. The van der Waals surface area contributed by atoms with Gasteiger partial charge in [0.1, 0.15) is 0 Å². The molecule has 5 heteroatoms. The Bertz CT molecular complexity index is 822. The molecule has 2 rings (SSSR count). The van der Waals surface area contributed by atoms with Crippen LogP contribution in [0.4, 0.5) is 13.2 Å². The molecule has 0 saturated carbocycles. The minimum absolute atomic E-state index is 0.366. The van der Waals surface area contributed by atoms with E-state index in [2.05, 4.69) is 6.08 Å². The van der Waals surface area contributed by atoms with E-state index in [1.165, 1.54) is 12.1 Å². The second kappa shape index (κ2) is 12.0. The number of alkyl halides is 3. The topological polar surface area (TPSA) is 37.3 Å². The molecule has 2 aromatic carbocycles. The smallest absolute Gasteiger partial charge is 0.416 e. The number of hydrogen-bond donors (Lipinski definition) is 1. The highest BCUT2D eigenvalue weighted by Crippen LogP contribution is 2.29. The summed E-state index contributed by atoms with van der Waals surface area (Å²) in [7, 11) is 0. The van der Waals surface area contributed by atoms with E-state index in [-0.39, 0.29) is 5.92 Å². The van der Waals surface area contributed by atoms with Gasteiger partial charge in [-0.3, -0.25) is 4.79 Å². The average molecular weight is 416 g/mol. The van der Waals surface area contributed by atoms with Crippen molar-refractivity contribution in [2.24, 2.45) is 5.92 Å². The number of allylic oxidation sites excluding steroid dienone is 2. The van der Waals surface area contributed by atoms with Gasteiger partial charge in [-0.1, -0.05) is 66.8 Å². The Labute approximate surface area is 175 Å². The van der Waals surface area contributed by atoms with Crippen molar-refractivity contribution < 1.29 is 23.1 Å². The van der Waals surface area contributed by atoms with Gasteiger partial charge in [-0.2, -0.15) is 13.2 Å². The third-order valence-corrected chi connectivity index (χ3v) is 4.85. The first-order valence-corrected chi connectivity index (χ1v) is 10.1. The standard InChI is InChI=1S/C25H27F3O2/c26-25(27,28)23-18-16-21(17-19-23)13-7-3-9-15-22(24(29)30)14-8-2-6-12-20-10-4-1-5-11-20/h1,4-7,10-13,16-19,22H,2-3,8-9,14-15H2,(H,29,30)/b12-6+,13-7+. The van der Waals surface area contributed by atoms with Crippen LogP contribution in [0.5, 0.6) is 0 Å². The van der Waals surface area contributed by atoms with Gasteiger partial charge in [-0.25, -0.2) is 0 Å². The molecule has 0 fully saturated rings. The Balaban J connectivity index is 1.68. The first kappa shape index (κ1) is 23.5. The molecule has 0 radical (unpaired) electrons. The van der Waals surface area contributed by atoms with Gasteiger partial charge >= 0.3 is 12.1 Å². The first-order chi connectivity index (χ1) is 14.4. The van der Waals surface area contributed by atoms with Crippen LogP contribution in [0.3, 0.4) is 0 Å². The highest BCUT2D eigenvalue weighted by Gasteiger charge is 2.29. The van der Waals surface area contributed by atoms with E-state index >= 15 is 0 Å². The molecule has 1 atom stereocenters. The average Bonchev–Trinajstić information content (AvgIpc) is 2.72. The van der Waals surface area contributed by atoms with Crippen LogP contribution in [0.25, 0.3) is 12.2 Å². The summed E-state index contributed by atoms with van der Waals surface area (Å²) < 4.78 is 37.7. The van der Waals surface area contributed by atoms with Crippen molar-refractivity contribution in [3.05, 3.63) is 83.4 Å². The zero-order valence-corrected chi connectivity index (χ0v) is 16.8. The lowest BCUT2D eigenvalue weighted by Crippen LogP contribution is -2.13. The van der Waals surface area contributed by atoms with Gasteiger partial charge in [0, 0.05) is 0 Å². The molecular weight excluding hydrogens is 389 g/mol. The van der Waals surface area contributed by atoms with Gasteiger partial charge in [0.15, 0.2) is 0 Å². The monoisotopic (exact) mass is 416 g/mol. The fourth-order valence-electron chi connectivity index (χ4n) is 3.14. The molecule has 30 heavy (non-hydrogen) atoms. The SMILES string of the molecule is O=C(O)C(CCC/C=C/c1ccccc1)CCC/C=C/c1ccc(C(F)(F)F)cc1. The number of carbonyl (C=O) groups is 1. The number of hydrogen-bond acceptors (Lipinski definition) is 1. The Morgan fingerprint density at radius 1 is 0.833 bits per heavy atom. The van der Waals surface area contributed by atoms with E-state index < -0.39 is 17.7 Å². The Kier molecular flexibility index (Phi) is 9.39. The molecule has 0 heterocycles. The van der Waals surface area contributed by atoms with Crippen molar-refractivity contribution >= 4 is 18.1 Å². The third-order valence-electron chi connectivity index (χ3n) is 4.85. The maximum Gasteiger partial charge on any atom is 0.416 e. The van der Waals surface area contributed by atoms with Crippen molar-refractivity contribution in [3.8, 4) is 0 Å². The molecule has 0 spiro atoms. The van der Waals surface area contributed by atoms with E-state index in [1.54, 1.807) is 6.08 Å².